The maximum Gasteiger partial charge on any atom is 0.262 e. The quantitative estimate of drug-likeness (QED) is 0.318. The maximum absolute atomic E-state index is 12.3. The molecule has 0 saturated carbocycles. The van der Waals surface area contributed by atoms with E-state index in [0.717, 1.165) is 23.4 Å². The summed E-state index contributed by atoms with van der Waals surface area (Å²) in [5.74, 6) is 0.329. The lowest BCUT2D eigenvalue weighted by Crippen LogP contribution is -2.24. The number of nitrogens with one attached hydrogen (secondary N) is 1. The molecule has 3 rings (SSSR count). The fourth-order valence-corrected chi connectivity index (χ4v) is 2.92. The van der Waals surface area contributed by atoms with E-state index >= 15 is 0 Å². The van der Waals surface area contributed by atoms with Crippen molar-refractivity contribution in [2.24, 2.45) is 0 Å². The summed E-state index contributed by atoms with van der Waals surface area (Å²) in [5.41, 5.74) is 3.06. The van der Waals surface area contributed by atoms with Gasteiger partial charge in [0.15, 0.2) is 0 Å². The Labute approximate surface area is 182 Å². The normalized spacial score (nSPS) is 10.9. The summed E-state index contributed by atoms with van der Waals surface area (Å²) in [4.78, 5) is 12.3. The minimum Gasteiger partial charge on any atom is -0.494 e. The summed E-state index contributed by atoms with van der Waals surface area (Å²) in [7, 11) is 0. The number of nitriles is 1. The zero-order chi connectivity index (χ0) is 22.1. The standard InChI is InChI=1S/C25H24N4O2/c1-3-14-27-25(30)20(17-26)16-21-18-29(22-8-6-5-7-9-22)28-24(21)19-10-12-23(13-11-19)31-15-4-2/h3,5-13,16,18H,1,4,14-15H2,2H3,(H,27,30)/b20-16+. The van der Waals surface area contributed by atoms with Crippen LogP contribution in [0.2, 0.25) is 0 Å². The molecule has 0 aliphatic carbocycles. The number of benzene rings is 2. The zero-order valence-corrected chi connectivity index (χ0v) is 17.4. The van der Waals surface area contributed by atoms with Gasteiger partial charge in [-0.15, -0.1) is 6.58 Å². The van der Waals surface area contributed by atoms with Gasteiger partial charge in [0.1, 0.15) is 17.4 Å². The van der Waals surface area contributed by atoms with E-state index in [9.17, 15) is 10.1 Å². The predicted octanol–water partition coefficient (Wildman–Crippen LogP) is 4.54. The molecule has 6 heteroatoms. The summed E-state index contributed by atoms with van der Waals surface area (Å²) in [6, 6.07) is 19.3. The molecule has 1 N–H and O–H groups in total. The van der Waals surface area contributed by atoms with Crippen molar-refractivity contribution in [1.29, 1.82) is 5.26 Å². The van der Waals surface area contributed by atoms with Gasteiger partial charge < -0.3 is 10.1 Å². The maximum atomic E-state index is 12.3. The molecule has 0 saturated heterocycles. The highest BCUT2D eigenvalue weighted by Crippen LogP contribution is 2.27. The van der Waals surface area contributed by atoms with Crippen LogP contribution in [0.1, 0.15) is 18.9 Å². The number of rotatable bonds is 9. The molecule has 3 aromatic rings. The second-order valence-corrected chi connectivity index (χ2v) is 6.75. The smallest absolute Gasteiger partial charge is 0.262 e. The Morgan fingerprint density at radius 1 is 1.23 bits per heavy atom. The SMILES string of the molecule is C=CCNC(=O)/C(C#N)=C/c1cn(-c2ccccc2)nc1-c1ccc(OCCC)cc1. The molecule has 1 heterocycles. The van der Waals surface area contributed by atoms with Crippen LogP contribution in [0.25, 0.3) is 23.0 Å². The van der Waals surface area contributed by atoms with Crippen molar-refractivity contribution >= 4 is 12.0 Å². The van der Waals surface area contributed by atoms with Gasteiger partial charge in [-0.1, -0.05) is 31.2 Å². The number of carbonyl (C=O) groups is 1. The number of ether oxygens (including phenoxy) is 1. The van der Waals surface area contributed by atoms with Gasteiger partial charge in [0.25, 0.3) is 5.91 Å². The number of nitrogens with zero attached hydrogens (tertiary/aromatic N) is 3. The molecule has 0 atom stereocenters. The first-order valence-electron chi connectivity index (χ1n) is 10.1. The van der Waals surface area contributed by atoms with Gasteiger partial charge in [-0.3, -0.25) is 4.79 Å². The average Bonchev–Trinajstić information content (AvgIpc) is 3.24. The first kappa shape index (κ1) is 21.6. The van der Waals surface area contributed by atoms with Gasteiger partial charge in [0.2, 0.25) is 0 Å². The number of amides is 1. The monoisotopic (exact) mass is 412 g/mol. The summed E-state index contributed by atoms with van der Waals surface area (Å²) in [6.07, 6.45) is 5.86. The van der Waals surface area contributed by atoms with Gasteiger partial charge in [0, 0.05) is 23.9 Å². The molecule has 0 unspecified atom stereocenters. The Hall–Kier alpha value is -4.11. The lowest BCUT2D eigenvalue weighted by molar-refractivity contribution is -0.116. The van der Waals surface area contributed by atoms with Gasteiger partial charge in [-0.2, -0.15) is 10.4 Å². The third kappa shape index (κ3) is 5.49. The minimum atomic E-state index is -0.455. The van der Waals surface area contributed by atoms with Crippen molar-refractivity contribution in [3.63, 3.8) is 0 Å². The van der Waals surface area contributed by atoms with Crippen molar-refractivity contribution < 1.29 is 9.53 Å². The van der Waals surface area contributed by atoms with Crippen LogP contribution in [0.4, 0.5) is 0 Å². The highest BCUT2D eigenvalue weighted by atomic mass is 16.5. The van der Waals surface area contributed by atoms with E-state index in [1.807, 2.05) is 66.9 Å². The highest BCUT2D eigenvalue weighted by molar-refractivity contribution is 6.02. The van der Waals surface area contributed by atoms with Gasteiger partial charge in [-0.25, -0.2) is 4.68 Å². The number of aromatic nitrogens is 2. The molecule has 0 aliphatic rings. The Bertz CT molecular complexity index is 1110. The van der Waals surface area contributed by atoms with Crippen LogP contribution >= 0.6 is 0 Å². The minimum absolute atomic E-state index is 0.00129. The van der Waals surface area contributed by atoms with E-state index in [1.165, 1.54) is 0 Å². The van der Waals surface area contributed by atoms with Crippen LogP contribution < -0.4 is 10.1 Å². The van der Waals surface area contributed by atoms with Crippen LogP contribution in [-0.4, -0.2) is 28.8 Å². The third-order valence-electron chi connectivity index (χ3n) is 4.44. The Morgan fingerprint density at radius 2 is 1.97 bits per heavy atom. The van der Waals surface area contributed by atoms with Crippen LogP contribution in [0, 0.1) is 11.3 Å². The first-order chi connectivity index (χ1) is 15.2. The Balaban J connectivity index is 2.03. The van der Waals surface area contributed by atoms with Crippen molar-refractivity contribution in [2.75, 3.05) is 13.2 Å². The van der Waals surface area contributed by atoms with Crippen molar-refractivity contribution in [1.82, 2.24) is 15.1 Å². The summed E-state index contributed by atoms with van der Waals surface area (Å²) >= 11 is 0. The number of hydrogen-bond donors (Lipinski definition) is 1. The van der Waals surface area contributed by atoms with E-state index in [0.29, 0.717) is 17.9 Å². The number of carbonyl (C=O) groups excluding carboxylic acids is 1. The molecule has 0 spiro atoms. The van der Waals surface area contributed by atoms with Crippen LogP contribution in [0.3, 0.4) is 0 Å². The van der Waals surface area contributed by atoms with E-state index in [1.54, 1.807) is 16.8 Å². The molecular formula is C25H24N4O2. The zero-order valence-electron chi connectivity index (χ0n) is 17.4. The molecule has 31 heavy (non-hydrogen) atoms. The topological polar surface area (TPSA) is 79.9 Å². The Kier molecular flexibility index (Phi) is 7.39. The number of para-hydroxylation sites is 1. The van der Waals surface area contributed by atoms with Crippen molar-refractivity contribution in [3.8, 4) is 28.8 Å². The molecule has 1 aromatic heterocycles. The Morgan fingerprint density at radius 3 is 2.61 bits per heavy atom. The lowest BCUT2D eigenvalue weighted by atomic mass is 10.1. The molecule has 0 bridgehead atoms. The van der Waals surface area contributed by atoms with Gasteiger partial charge in [0.05, 0.1) is 18.0 Å². The van der Waals surface area contributed by atoms with E-state index in [4.69, 9.17) is 9.84 Å². The fourth-order valence-electron chi connectivity index (χ4n) is 2.92. The van der Waals surface area contributed by atoms with Gasteiger partial charge >= 0.3 is 0 Å². The van der Waals surface area contributed by atoms with E-state index in [-0.39, 0.29) is 12.1 Å². The molecular weight excluding hydrogens is 388 g/mol. The largest absolute Gasteiger partial charge is 0.494 e. The summed E-state index contributed by atoms with van der Waals surface area (Å²) in [5, 5.41) is 16.9. The predicted molar refractivity (Wildman–Crippen MR) is 122 cm³/mol. The lowest BCUT2D eigenvalue weighted by Gasteiger charge is -2.06. The van der Waals surface area contributed by atoms with Gasteiger partial charge in [-0.05, 0) is 48.9 Å². The van der Waals surface area contributed by atoms with Crippen molar-refractivity contribution in [2.45, 2.75) is 13.3 Å². The first-order valence-corrected chi connectivity index (χ1v) is 10.1. The third-order valence-corrected chi connectivity index (χ3v) is 4.44. The highest BCUT2D eigenvalue weighted by Gasteiger charge is 2.15. The van der Waals surface area contributed by atoms with E-state index < -0.39 is 5.91 Å². The molecule has 0 radical (unpaired) electrons. The second kappa shape index (κ2) is 10.6. The molecule has 2 aromatic carbocycles. The molecule has 156 valence electrons. The fraction of sp³-hybridized carbons (Fsp3) is 0.160. The molecule has 6 nitrogen and oxygen atoms in total. The van der Waals surface area contributed by atoms with Crippen LogP contribution in [0.15, 0.2) is 79.0 Å². The second-order valence-electron chi connectivity index (χ2n) is 6.75. The average molecular weight is 412 g/mol. The molecule has 1 amide bonds. The molecule has 0 aliphatic heterocycles. The van der Waals surface area contributed by atoms with Crippen LogP contribution in [0.5, 0.6) is 5.75 Å². The summed E-state index contributed by atoms with van der Waals surface area (Å²) in [6.45, 7) is 6.57. The number of hydrogen-bond acceptors (Lipinski definition) is 4. The molecule has 0 fully saturated rings. The summed E-state index contributed by atoms with van der Waals surface area (Å²) < 4.78 is 7.40. The van der Waals surface area contributed by atoms with E-state index in [2.05, 4.69) is 18.8 Å². The van der Waals surface area contributed by atoms with Crippen molar-refractivity contribution in [3.05, 3.63) is 84.6 Å². The van der Waals surface area contributed by atoms with Crippen LogP contribution in [-0.2, 0) is 4.79 Å².